The maximum atomic E-state index is 13.7. The lowest BCUT2D eigenvalue weighted by atomic mass is 9.94. The first-order valence-electron chi connectivity index (χ1n) is 10.8. The van der Waals surface area contributed by atoms with Gasteiger partial charge in [0.05, 0.1) is 29.3 Å². The van der Waals surface area contributed by atoms with Crippen LogP contribution in [0.4, 0.5) is 10.1 Å². The zero-order valence-corrected chi connectivity index (χ0v) is 19.7. The predicted molar refractivity (Wildman–Crippen MR) is 130 cm³/mol. The summed E-state index contributed by atoms with van der Waals surface area (Å²) in [6.07, 6.45) is 0.814. The number of aliphatic hydroxyl groups excluding tert-OH is 1. The van der Waals surface area contributed by atoms with Crippen LogP contribution in [-0.4, -0.2) is 23.9 Å². The molecule has 1 unspecified atom stereocenters. The number of benzene rings is 3. The number of carbonyl (C=O) groups is 2. The Balaban J connectivity index is 1.98. The Morgan fingerprint density at radius 2 is 1.74 bits per heavy atom. The summed E-state index contributed by atoms with van der Waals surface area (Å²) in [5, 5.41) is 11.6. The SMILES string of the molecule is CCc1ccc(N2C(=O)C(=O)/C(=C(/O)c3cc(C)cc(Cl)c3OC)C2c2ccc(F)cc2)cc1. The number of nitrogens with zero attached hydrogens (tertiary/aromatic N) is 1. The van der Waals surface area contributed by atoms with Gasteiger partial charge in [0, 0.05) is 5.69 Å². The average Bonchev–Trinajstić information content (AvgIpc) is 3.09. The number of carbonyl (C=O) groups excluding carboxylic acids is 2. The molecule has 0 bridgehead atoms. The van der Waals surface area contributed by atoms with Crippen LogP contribution in [0.3, 0.4) is 0 Å². The normalized spacial score (nSPS) is 17.3. The van der Waals surface area contributed by atoms with Crippen molar-refractivity contribution in [2.24, 2.45) is 0 Å². The minimum absolute atomic E-state index is 0.129. The lowest BCUT2D eigenvalue weighted by molar-refractivity contribution is -0.132. The topological polar surface area (TPSA) is 66.8 Å². The fourth-order valence-electron chi connectivity index (χ4n) is 4.21. The van der Waals surface area contributed by atoms with Crippen LogP contribution in [0.15, 0.2) is 66.2 Å². The molecule has 1 aliphatic heterocycles. The van der Waals surface area contributed by atoms with Crippen molar-refractivity contribution < 1.29 is 23.8 Å². The number of rotatable bonds is 5. The highest BCUT2D eigenvalue weighted by Crippen LogP contribution is 2.44. The van der Waals surface area contributed by atoms with Gasteiger partial charge in [0.25, 0.3) is 11.7 Å². The van der Waals surface area contributed by atoms with E-state index >= 15 is 0 Å². The van der Waals surface area contributed by atoms with Gasteiger partial charge in [-0.2, -0.15) is 0 Å². The molecule has 1 fully saturated rings. The lowest BCUT2D eigenvalue weighted by Crippen LogP contribution is -2.29. The molecule has 34 heavy (non-hydrogen) atoms. The Labute approximate surface area is 202 Å². The molecule has 0 saturated carbocycles. The molecular weight excluding hydrogens is 457 g/mol. The predicted octanol–water partition coefficient (Wildman–Crippen LogP) is 5.98. The zero-order valence-electron chi connectivity index (χ0n) is 18.9. The van der Waals surface area contributed by atoms with Crippen LogP contribution in [0, 0.1) is 12.7 Å². The molecule has 4 rings (SSSR count). The van der Waals surface area contributed by atoms with E-state index in [0.29, 0.717) is 11.3 Å². The third kappa shape index (κ3) is 4.05. The number of aryl methyl sites for hydroxylation is 2. The van der Waals surface area contributed by atoms with Gasteiger partial charge in [0.1, 0.15) is 17.3 Å². The summed E-state index contributed by atoms with van der Waals surface area (Å²) >= 11 is 6.31. The molecule has 0 aromatic heterocycles. The van der Waals surface area contributed by atoms with Gasteiger partial charge in [-0.1, -0.05) is 42.8 Å². The van der Waals surface area contributed by atoms with Crippen LogP contribution in [0.1, 0.15) is 35.2 Å². The number of halogens is 2. The molecule has 1 heterocycles. The maximum Gasteiger partial charge on any atom is 0.300 e. The van der Waals surface area contributed by atoms with Gasteiger partial charge in [0.15, 0.2) is 0 Å². The number of hydrogen-bond donors (Lipinski definition) is 1. The molecule has 3 aromatic rings. The Morgan fingerprint density at radius 1 is 1.09 bits per heavy atom. The van der Waals surface area contributed by atoms with Crippen molar-refractivity contribution in [2.45, 2.75) is 26.3 Å². The van der Waals surface area contributed by atoms with Crippen molar-refractivity contribution in [3.63, 3.8) is 0 Å². The van der Waals surface area contributed by atoms with E-state index in [4.69, 9.17) is 16.3 Å². The van der Waals surface area contributed by atoms with E-state index in [-0.39, 0.29) is 21.9 Å². The summed E-state index contributed by atoms with van der Waals surface area (Å²) in [5.41, 5.74) is 2.82. The number of anilines is 1. The van der Waals surface area contributed by atoms with Crippen molar-refractivity contribution in [2.75, 3.05) is 12.0 Å². The third-order valence-electron chi connectivity index (χ3n) is 5.90. The summed E-state index contributed by atoms with van der Waals surface area (Å²) in [4.78, 5) is 27.9. The van der Waals surface area contributed by atoms with Crippen molar-refractivity contribution in [1.82, 2.24) is 0 Å². The number of amides is 1. The van der Waals surface area contributed by atoms with Crippen molar-refractivity contribution in [3.05, 3.63) is 99.3 Å². The minimum Gasteiger partial charge on any atom is -0.507 e. The van der Waals surface area contributed by atoms with Crippen LogP contribution < -0.4 is 9.64 Å². The molecule has 3 aromatic carbocycles. The molecule has 1 amide bonds. The van der Waals surface area contributed by atoms with Gasteiger partial charge in [0.2, 0.25) is 0 Å². The number of ketones is 1. The molecule has 0 radical (unpaired) electrons. The van der Waals surface area contributed by atoms with E-state index in [1.54, 1.807) is 31.2 Å². The largest absolute Gasteiger partial charge is 0.507 e. The second-order valence-electron chi connectivity index (χ2n) is 8.07. The van der Waals surface area contributed by atoms with E-state index in [1.165, 1.54) is 36.3 Å². The third-order valence-corrected chi connectivity index (χ3v) is 6.18. The van der Waals surface area contributed by atoms with Crippen molar-refractivity contribution in [1.29, 1.82) is 0 Å². The zero-order chi connectivity index (χ0) is 24.6. The van der Waals surface area contributed by atoms with Gasteiger partial charge in [-0.25, -0.2) is 4.39 Å². The highest BCUT2D eigenvalue weighted by Gasteiger charge is 2.47. The molecule has 1 saturated heterocycles. The minimum atomic E-state index is -0.975. The molecule has 174 valence electrons. The van der Waals surface area contributed by atoms with Gasteiger partial charge in [-0.3, -0.25) is 14.5 Å². The monoisotopic (exact) mass is 479 g/mol. The molecule has 0 spiro atoms. The second kappa shape index (κ2) is 9.31. The number of ether oxygens (including phenoxy) is 1. The van der Waals surface area contributed by atoms with Crippen molar-refractivity contribution >= 4 is 34.7 Å². The second-order valence-corrected chi connectivity index (χ2v) is 8.48. The molecule has 1 N–H and O–H groups in total. The van der Waals surface area contributed by atoms with Gasteiger partial charge in [-0.15, -0.1) is 0 Å². The first kappa shape index (κ1) is 23.5. The lowest BCUT2D eigenvalue weighted by Gasteiger charge is -2.26. The quantitative estimate of drug-likeness (QED) is 0.277. The Morgan fingerprint density at radius 3 is 2.32 bits per heavy atom. The van der Waals surface area contributed by atoms with Gasteiger partial charge < -0.3 is 9.84 Å². The summed E-state index contributed by atoms with van der Waals surface area (Å²) in [6.45, 7) is 3.80. The number of methoxy groups -OCH3 is 1. The van der Waals surface area contributed by atoms with E-state index < -0.39 is 29.3 Å². The Kier molecular flexibility index (Phi) is 6.44. The molecular formula is C27H23ClFNO4. The number of Topliss-reactive ketones (excluding diaryl/α,β-unsaturated/α-hetero) is 1. The molecule has 0 aliphatic carbocycles. The molecule has 5 nitrogen and oxygen atoms in total. The molecule has 1 aliphatic rings. The Bertz CT molecular complexity index is 1300. The van der Waals surface area contributed by atoms with Crippen LogP contribution in [0.5, 0.6) is 5.75 Å². The molecule has 7 heteroatoms. The van der Waals surface area contributed by atoms with Crippen LogP contribution >= 0.6 is 11.6 Å². The first-order valence-corrected chi connectivity index (χ1v) is 11.1. The number of aliphatic hydroxyl groups is 1. The number of hydrogen-bond acceptors (Lipinski definition) is 4. The fourth-order valence-corrected chi connectivity index (χ4v) is 4.56. The Hall–Kier alpha value is -3.64. The summed E-state index contributed by atoms with van der Waals surface area (Å²) in [5.74, 6) is -2.34. The van der Waals surface area contributed by atoms with Crippen LogP contribution in [-0.2, 0) is 16.0 Å². The summed E-state index contributed by atoms with van der Waals surface area (Å²) in [6, 6.07) is 15.1. The van der Waals surface area contributed by atoms with Gasteiger partial charge in [-0.05, 0) is 66.4 Å². The highest BCUT2D eigenvalue weighted by atomic mass is 35.5. The standard InChI is InChI=1S/C27H23ClFNO4/c1-4-16-5-11-19(12-6-16)30-23(17-7-9-18(29)10-8-17)22(25(32)27(30)33)24(31)20-13-15(2)14-21(28)26(20)34-3/h5-14,23,31H,4H2,1-3H3/b24-22+. The first-order chi connectivity index (χ1) is 16.3. The summed E-state index contributed by atoms with van der Waals surface area (Å²) in [7, 11) is 1.40. The van der Waals surface area contributed by atoms with E-state index in [1.807, 2.05) is 19.1 Å². The van der Waals surface area contributed by atoms with Gasteiger partial charge >= 0.3 is 0 Å². The van der Waals surface area contributed by atoms with Crippen molar-refractivity contribution in [3.8, 4) is 5.75 Å². The highest BCUT2D eigenvalue weighted by molar-refractivity contribution is 6.51. The molecule has 1 atom stereocenters. The van der Waals surface area contributed by atoms with Crippen LogP contribution in [0.25, 0.3) is 5.76 Å². The van der Waals surface area contributed by atoms with E-state index in [2.05, 4.69) is 0 Å². The summed E-state index contributed by atoms with van der Waals surface area (Å²) < 4.78 is 19.1. The van der Waals surface area contributed by atoms with E-state index in [9.17, 15) is 19.1 Å². The smallest absolute Gasteiger partial charge is 0.300 e. The fraction of sp³-hybridized carbons (Fsp3) is 0.185. The maximum absolute atomic E-state index is 13.7. The van der Waals surface area contributed by atoms with Crippen LogP contribution in [0.2, 0.25) is 5.02 Å². The van der Waals surface area contributed by atoms with E-state index in [0.717, 1.165) is 17.5 Å². The average molecular weight is 480 g/mol.